The minimum absolute atomic E-state index is 0.366. The van der Waals surface area contributed by atoms with Gasteiger partial charge in [-0.15, -0.1) is 0 Å². The van der Waals surface area contributed by atoms with Crippen LogP contribution in [0.25, 0.3) is 0 Å². The summed E-state index contributed by atoms with van der Waals surface area (Å²) in [5, 5.41) is 0. The van der Waals surface area contributed by atoms with Crippen LogP contribution in [0.4, 0.5) is 0 Å². The lowest BCUT2D eigenvalue weighted by Crippen LogP contribution is -2.57. The number of hydrogen-bond donors (Lipinski definition) is 0. The molecular weight excluding hydrogens is 266 g/mol. The van der Waals surface area contributed by atoms with Gasteiger partial charge in [-0.3, -0.25) is 4.90 Å². The summed E-state index contributed by atoms with van der Waals surface area (Å²) in [5.41, 5.74) is 6.55. The molecule has 1 aliphatic carbocycles. The second kappa shape index (κ2) is 5.85. The molecule has 0 spiro atoms. The third kappa shape index (κ3) is 2.54. The topological polar surface area (TPSA) is 3.24 Å². The monoisotopic (exact) mass is 297 g/mol. The second-order valence-electron chi connectivity index (χ2n) is 7.85. The van der Waals surface area contributed by atoms with Crippen LogP contribution in [0.3, 0.4) is 0 Å². The van der Waals surface area contributed by atoms with Crippen molar-refractivity contribution in [3.05, 3.63) is 46.5 Å². The van der Waals surface area contributed by atoms with Crippen molar-refractivity contribution in [3.63, 3.8) is 0 Å². The van der Waals surface area contributed by atoms with Crippen LogP contribution in [0.2, 0.25) is 0 Å². The Kier molecular flexibility index (Phi) is 4.20. The zero-order valence-corrected chi connectivity index (χ0v) is 14.9. The fourth-order valence-electron chi connectivity index (χ4n) is 4.50. The summed E-state index contributed by atoms with van der Waals surface area (Å²) < 4.78 is 0. The molecule has 2 aliphatic rings. The first-order chi connectivity index (χ1) is 10.5. The van der Waals surface area contributed by atoms with Gasteiger partial charge in [0.1, 0.15) is 0 Å². The van der Waals surface area contributed by atoms with E-state index in [2.05, 4.69) is 63.8 Å². The maximum atomic E-state index is 2.72. The van der Waals surface area contributed by atoms with Crippen LogP contribution in [-0.2, 0) is 18.3 Å². The summed E-state index contributed by atoms with van der Waals surface area (Å²) in [6.07, 6.45) is 6.06. The van der Waals surface area contributed by atoms with Gasteiger partial charge in [0.15, 0.2) is 0 Å². The first-order valence-corrected chi connectivity index (χ1v) is 8.95. The predicted molar refractivity (Wildman–Crippen MR) is 95.4 cm³/mol. The molecule has 0 aromatic heterocycles. The number of aryl methyl sites for hydroxylation is 1. The largest absolute Gasteiger partial charge is 0.296 e. The van der Waals surface area contributed by atoms with Crippen LogP contribution in [0.15, 0.2) is 29.8 Å². The van der Waals surface area contributed by atoms with Crippen molar-refractivity contribution in [1.82, 2.24) is 4.90 Å². The Labute approximate surface area is 136 Å². The maximum absolute atomic E-state index is 2.72. The molecule has 22 heavy (non-hydrogen) atoms. The normalized spacial score (nSPS) is 30.8. The number of hydrogen-bond acceptors (Lipinski definition) is 1. The molecule has 2 bridgehead atoms. The molecule has 1 nitrogen and oxygen atoms in total. The molecule has 1 aliphatic heterocycles. The molecule has 120 valence electrons. The van der Waals surface area contributed by atoms with E-state index in [1.807, 2.05) is 0 Å². The summed E-state index contributed by atoms with van der Waals surface area (Å²) in [6.45, 7) is 14.0. The predicted octanol–water partition coefficient (Wildman–Crippen LogP) is 4.74. The Bertz CT molecular complexity index is 582. The highest BCUT2D eigenvalue weighted by atomic mass is 15.2. The van der Waals surface area contributed by atoms with E-state index in [1.165, 1.54) is 30.5 Å². The van der Waals surface area contributed by atoms with Gasteiger partial charge in [0.25, 0.3) is 0 Å². The molecular formula is C21H31N. The number of fused-ring (bicyclic) bond motifs is 4. The molecule has 1 heterocycles. The zero-order valence-electron chi connectivity index (χ0n) is 14.9. The lowest BCUT2D eigenvalue weighted by Gasteiger charge is -2.54. The van der Waals surface area contributed by atoms with Crippen molar-refractivity contribution in [3.8, 4) is 0 Å². The van der Waals surface area contributed by atoms with Gasteiger partial charge in [-0.2, -0.15) is 0 Å². The van der Waals surface area contributed by atoms with E-state index < -0.39 is 0 Å². The van der Waals surface area contributed by atoms with Crippen LogP contribution < -0.4 is 0 Å². The van der Waals surface area contributed by atoms with E-state index >= 15 is 0 Å². The highest BCUT2D eigenvalue weighted by Crippen LogP contribution is 2.48. The van der Waals surface area contributed by atoms with Gasteiger partial charge in [-0.1, -0.05) is 50.6 Å². The molecule has 0 amide bonds. The Morgan fingerprint density at radius 3 is 2.82 bits per heavy atom. The molecule has 0 saturated carbocycles. The first kappa shape index (κ1) is 15.8. The van der Waals surface area contributed by atoms with Crippen molar-refractivity contribution in [1.29, 1.82) is 0 Å². The summed E-state index contributed by atoms with van der Waals surface area (Å²) in [5.74, 6) is 0.742. The van der Waals surface area contributed by atoms with Gasteiger partial charge < -0.3 is 0 Å². The fourth-order valence-corrected chi connectivity index (χ4v) is 4.50. The fraction of sp³-hybridized carbons (Fsp3) is 0.619. The molecule has 0 N–H and O–H groups in total. The van der Waals surface area contributed by atoms with Gasteiger partial charge in [0, 0.05) is 12.6 Å². The van der Waals surface area contributed by atoms with E-state index in [-0.39, 0.29) is 0 Å². The maximum Gasteiger partial charge on any atom is 0.0173 e. The molecule has 0 radical (unpaired) electrons. The Morgan fingerprint density at radius 2 is 2.14 bits per heavy atom. The molecule has 1 aromatic rings. The molecule has 3 unspecified atom stereocenters. The minimum Gasteiger partial charge on any atom is -0.296 e. The summed E-state index contributed by atoms with van der Waals surface area (Å²) in [7, 11) is 0. The van der Waals surface area contributed by atoms with Crippen LogP contribution in [-0.4, -0.2) is 24.0 Å². The zero-order chi connectivity index (χ0) is 15.9. The van der Waals surface area contributed by atoms with Crippen molar-refractivity contribution in [2.45, 2.75) is 65.3 Å². The van der Waals surface area contributed by atoms with E-state index in [0.29, 0.717) is 11.5 Å². The van der Waals surface area contributed by atoms with E-state index in [1.54, 1.807) is 11.1 Å². The van der Waals surface area contributed by atoms with Crippen LogP contribution in [0.1, 0.15) is 57.7 Å². The highest BCUT2D eigenvalue weighted by Gasteiger charge is 2.47. The van der Waals surface area contributed by atoms with Crippen molar-refractivity contribution in [2.24, 2.45) is 5.92 Å². The van der Waals surface area contributed by atoms with Gasteiger partial charge in [-0.25, -0.2) is 0 Å². The molecule has 1 heteroatoms. The van der Waals surface area contributed by atoms with E-state index in [0.717, 1.165) is 18.9 Å². The van der Waals surface area contributed by atoms with E-state index in [9.17, 15) is 0 Å². The Balaban J connectivity index is 1.95. The lowest BCUT2D eigenvalue weighted by atomic mass is 9.59. The SMILES string of the molecule is CCc1ccc2c(c1)C1(C)CCN(CC=C(C)C)C(C2)C1C. The first-order valence-electron chi connectivity index (χ1n) is 8.95. The second-order valence-corrected chi connectivity index (χ2v) is 7.85. The molecule has 3 rings (SSSR count). The Hall–Kier alpha value is -1.08. The summed E-state index contributed by atoms with van der Waals surface area (Å²) in [6, 6.07) is 7.96. The van der Waals surface area contributed by atoms with Gasteiger partial charge >= 0.3 is 0 Å². The number of likely N-dealkylation sites (tertiary alicyclic amines) is 1. The number of piperidine rings is 1. The van der Waals surface area contributed by atoms with Gasteiger partial charge in [0.2, 0.25) is 0 Å². The Morgan fingerprint density at radius 1 is 1.36 bits per heavy atom. The van der Waals surface area contributed by atoms with Gasteiger partial charge in [0.05, 0.1) is 0 Å². The van der Waals surface area contributed by atoms with Gasteiger partial charge in [-0.05, 0) is 67.7 Å². The van der Waals surface area contributed by atoms with Crippen LogP contribution in [0.5, 0.6) is 0 Å². The molecule has 3 atom stereocenters. The average molecular weight is 297 g/mol. The standard InChI is InChI=1S/C21H31N/c1-6-17-7-8-18-14-20-16(4)21(5,19(18)13-17)10-12-22(20)11-9-15(2)3/h7-9,13,16,20H,6,10-12,14H2,1-5H3. The smallest absolute Gasteiger partial charge is 0.0173 e. The molecule has 1 fully saturated rings. The average Bonchev–Trinajstić information content (AvgIpc) is 2.49. The highest BCUT2D eigenvalue weighted by molar-refractivity contribution is 5.42. The lowest BCUT2D eigenvalue weighted by molar-refractivity contribution is 0.0397. The number of nitrogens with zero attached hydrogens (tertiary/aromatic N) is 1. The number of allylic oxidation sites excluding steroid dienone is 1. The molecule has 1 aromatic carbocycles. The van der Waals surface area contributed by atoms with Crippen molar-refractivity contribution in [2.75, 3.05) is 13.1 Å². The third-order valence-electron chi connectivity index (χ3n) is 6.33. The number of benzene rings is 1. The summed E-state index contributed by atoms with van der Waals surface area (Å²) in [4.78, 5) is 2.72. The van der Waals surface area contributed by atoms with Crippen LogP contribution >= 0.6 is 0 Å². The van der Waals surface area contributed by atoms with Crippen molar-refractivity contribution >= 4 is 0 Å². The van der Waals surface area contributed by atoms with Crippen LogP contribution in [0, 0.1) is 5.92 Å². The van der Waals surface area contributed by atoms with Crippen molar-refractivity contribution < 1.29 is 0 Å². The third-order valence-corrected chi connectivity index (χ3v) is 6.33. The van der Waals surface area contributed by atoms with E-state index in [4.69, 9.17) is 0 Å². The number of rotatable bonds is 3. The molecule has 1 saturated heterocycles. The summed E-state index contributed by atoms with van der Waals surface area (Å²) >= 11 is 0. The quantitative estimate of drug-likeness (QED) is 0.728. The minimum atomic E-state index is 0.366.